The Morgan fingerprint density at radius 2 is 1.94 bits per heavy atom. The summed E-state index contributed by atoms with van der Waals surface area (Å²) in [5.74, 6) is 2.04. The van der Waals surface area contributed by atoms with Gasteiger partial charge in [0.2, 0.25) is 0 Å². The number of nitrogens with one attached hydrogen (secondary N) is 1. The van der Waals surface area contributed by atoms with E-state index in [0.29, 0.717) is 22.5 Å². The maximum Gasteiger partial charge on any atom is 0.329 e. The standard InChI is InChI=1S/C22H30N4O4S/c1-5-15-6-8-17(9-7-15)30-13-16(27)12-26-18-19(25(4)21(29)24-20(18)28)23-22(26)31-11-10-14(2)3/h6-9,14,16,27H,5,10-13H2,1-4H3,(H,24,28,29). The van der Waals surface area contributed by atoms with Crippen LogP contribution in [0.1, 0.15) is 32.8 Å². The lowest BCUT2D eigenvalue weighted by Gasteiger charge is -2.15. The maximum atomic E-state index is 12.5. The van der Waals surface area contributed by atoms with Gasteiger partial charge in [-0.15, -0.1) is 0 Å². The van der Waals surface area contributed by atoms with E-state index in [1.807, 2.05) is 24.3 Å². The number of hydrogen-bond donors (Lipinski definition) is 2. The number of aryl methyl sites for hydroxylation is 2. The quantitative estimate of drug-likeness (QED) is 0.464. The molecule has 0 aliphatic rings. The third kappa shape index (κ3) is 5.59. The van der Waals surface area contributed by atoms with Crippen LogP contribution in [0.3, 0.4) is 0 Å². The monoisotopic (exact) mass is 446 g/mol. The topological polar surface area (TPSA) is 102 Å². The molecule has 0 saturated heterocycles. The Kier molecular flexibility index (Phi) is 7.61. The molecule has 0 spiro atoms. The predicted molar refractivity (Wildman–Crippen MR) is 123 cm³/mol. The molecule has 2 heterocycles. The van der Waals surface area contributed by atoms with Gasteiger partial charge in [0.15, 0.2) is 16.3 Å². The molecule has 9 heteroatoms. The van der Waals surface area contributed by atoms with Gasteiger partial charge >= 0.3 is 5.69 Å². The molecule has 0 saturated carbocycles. The first kappa shape index (κ1) is 23.1. The van der Waals surface area contributed by atoms with Crippen LogP contribution in [0.2, 0.25) is 0 Å². The minimum absolute atomic E-state index is 0.0743. The summed E-state index contributed by atoms with van der Waals surface area (Å²) in [6.45, 7) is 6.58. The van der Waals surface area contributed by atoms with Gasteiger partial charge in [0, 0.05) is 12.8 Å². The van der Waals surface area contributed by atoms with E-state index >= 15 is 0 Å². The molecule has 0 aliphatic heterocycles. The summed E-state index contributed by atoms with van der Waals surface area (Å²) < 4.78 is 8.73. The zero-order valence-electron chi connectivity index (χ0n) is 18.4. The first-order valence-corrected chi connectivity index (χ1v) is 11.5. The molecule has 8 nitrogen and oxygen atoms in total. The van der Waals surface area contributed by atoms with Gasteiger partial charge in [-0.25, -0.2) is 9.78 Å². The Bertz CT molecular complexity index is 1130. The van der Waals surface area contributed by atoms with Gasteiger partial charge in [-0.05, 0) is 36.5 Å². The number of ether oxygens (including phenoxy) is 1. The number of thioether (sulfide) groups is 1. The van der Waals surface area contributed by atoms with Crippen molar-refractivity contribution in [2.24, 2.45) is 13.0 Å². The molecule has 1 atom stereocenters. The summed E-state index contributed by atoms with van der Waals surface area (Å²) in [6, 6.07) is 7.75. The van der Waals surface area contributed by atoms with Crippen molar-refractivity contribution in [1.29, 1.82) is 0 Å². The zero-order chi connectivity index (χ0) is 22.5. The second-order valence-electron chi connectivity index (χ2n) is 7.99. The highest BCUT2D eigenvalue weighted by molar-refractivity contribution is 7.99. The van der Waals surface area contributed by atoms with E-state index in [1.165, 1.54) is 21.9 Å². The van der Waals surface area contributed by atoms with Crippen LogP contribution in [0.15, 0.2) is 39.0 Å². The molecule has 2 N–H and O–H groups in total. The van der Waals surface area contributed by atoms with E-state index in [9.17, 15) is 14.7 Å². The first-order valence-electron chi connectivity index (χ1n) is 10.5. The summed E-state index contributed by atoms with van der Waals surface area (Å²) in [5.41, 5.74) is 0.778. The van der Waals surface area contributed by atoms with Crippen LogP contribution in [-0.4, -0.2) is 42.7 Å². The SMILES string of the molecule is CCc1ccc(OCC(O)Cn2c(SCCC(C)C)nc3c2c(=O)[nH]c(=O)n3C)cc1. The van der Waals surface area contributed by atoms with Crippen molar-refractivity contribution in [3.63, 3.8) is 0 Å². The van der Waals surface area contributed by atoms with Crippen molar-refractivity contribution in [2.75, 3.05) is 12.4 Å². The average molecular weight is 447 g/mol. The van der Waals surface area contributed by atoms with Crippen LogP contribution < -0.4 is 16.0 Å². The third-order valence-corrected chi connectivity index (χ3v) is 6.08. The number of aliphatic hydroxyl groups excluding tert-OH is 1. The van der Waals surface area contributed by atoms with Crippen molar-refractivity contribution >= 4 is 22.9 Å². The number of hydrogen-bond acceptors (Lipinski definition) is 6. The summed E-state index contributed by atoms with van der Waals surface area (Å²) in [6.07, 6.45) is 1.08. The van der Waals surface area contributed by atoms with Crippen LogP contribution in [0.25, 0.3) is 11.2 Å². The molecule has 1 unspecified atom stereocenters. The number of fused-ring (bicyclic) bond motifs is 1. The second kappa shape index (κ2) is 10.2. The van der Waals surface area contributed by atoms with Gasteiger partial charge in [0.1, 0.15) is 18.5 Å². The van der Waals surface area contributed by atoms with Crippen LogP contribution >= 0.6 is 11.8 Å². The van der Waals surface area contributed by atoms with E-state index in [2.05, 4.69) is 30.7 Å². The van der Waals surface area contributed by atoms with Gasteiger partial charge < -0.3 is 14.4 Å². The Morgan fingerprint density at radius 3 is 2.58 bits per heavy atom. The third-order valence-electron chi connectivity index (χ3n) is 5.07. The molecule has 1 aromatic carbocycles. The lowest BCUT2D eigenvalue weighted by atomic mass is 10.2. The number of nitrogens with zero attached hydrogens (tertiary/aromatic N) is 3. The van der Waals surface area contributed by atoms with Crippen LogP contribution in [0.4, 0.5) is 0 Å². The zero-order valence-corrected chi connectivity index (χ0v) is 19.2. The van der Waals surface area contributed by atoms with Crippen LogP contribution in [0, 0.1) is 5.92 Å². The van der Waals surface area contributed by atoms with Crippen molar-refractivity contribution < 1.29 is 9.84 Å². The summed E-state index contributed by atoms with van der Waals surface area (Å²) in [4.78, 5) is 31.4. The van der Waals surface area contributed by atoms with E-state index < -0.39 is 17.4 Å². The number of aromatic amines is 1. The number of H-pyrrole nitrogens is 1. The van der Waals surface area contributed by atoms with Gasteiger partial charge in [-0.1, -0.05) is 44.7 Å². The molecule has 0 radical (unpaired) electrons. The number of benzene rings is 1. The molecule has 168 valence electrons. The predicted octanol–water partition coefficient (Wildman–Crippen LogP) is 2.56. The lowest BCUT2D eigenvalue weighted by molar-refractivity contribution is 0.0913. The number of imidazole rings is 1. The highest BCUT2D eigenvalue weighted by Gasteiger charge is 2.20. The van der Waals surface area contributed by atoms with Crippen molar-refractivity contribution in [2.45, 2.75) is 51.4 Å². The summed E-state index contributed by atoms with van der Waals surface area (Å²) in [7, 11) is 1.57. The van der Waals surface area contributed by atoms with E-state index in [4.69, 9.17) is 4.74 Å². The van der Waals surface area contributed by atoms with E-state index in [1.54, 1.807) is 11.6 Å². The second-order valence-corrected chi connectivity index (χ2v) is 9.05. The Morgan fingerprint density at radius 1 is 1.23 bits per heavy atom. The molecule has 0 aliphatic carbocycles. The van der Waals surface area contributed by atoms with Crippen molar-refractivity contribution in [1.82, 2.24) is 19.1 Å². The normalized spacial score (nSPS) is 12.6. The fourth-order valence-electron chi connectivity index (χ4n) is 3.16. The number of aromatic nitrogens is 4. The molecule has 2 aromatic heterocycles. The van der Waals surface area contributed by atoms with Gasteiger partial charge in [0.05, 0.1) is 6.54 Å². The number of rotatable bonds is 10. The highest BCUT2D eigenvalue weighted by Crippen LogP contribution is 2.24. The molecule has 0 amide bonds. The minimum Gasteiger partial charge on any atom is -0.491 e. The molecule has 31 heavy (non-hydrogen) atoms. The fourth-order valence-corrected chi connectivity index (χ4v) is 4.40. The van der Waals surface area contributed by atoms with E-state index in [-0.39, 0.29) is 18.7 Å². The van der Waals surface area contributed by atoms with Gasteiger partial charge in [-0.2, -0.15) is 0 Å². The van der Waals surface area contributed by atoms with E-state index in [0.717, 1.165) is 18.6 Å². The molecule has 3 rings (SSSR count). The van der Waals surface area contributed by atoms with Gasteiger partial charge in [0.25, 0.3) is 5.56 Å². The molecule has 0 bridgehead atoms. The Labute approximate surface area is 185 Å². The minimum atomic E-state index is -0.857. The molecular weight excluding hydrogens is 416 g/mol. The smallest absolute Gasteiger partial charge is 0.329 e. The Hall–Kier alpha value is -2.52. The number of aliphatic hydroxyl groups is 1. The van der Waals surface area contributed by atoms with Crippen molar-refractivity contribution in [3.05, 3.63) is 50.7 Å². The molecule has 0 fully saturated rings. The van der Waals surface area contributed by atoms with Crippen LogP contribution in [-0.2, 0) is 20.0 Å². The fraction of sp³-hybridized carbons (Fsp3) is 0.500. The van der Waals surface area contributed by atoms with Crippen LogP contribution in [0.5, 0.6) is 5.75 Å². The largest absolute Gasteiger partial charge is 0.491 e. The average Bonchev–Trinajstić information content (AvgIpc) is 3.09. The molecular formula is C22H30N4O4S. The maximum absolute atomic E-state index is 12.5. The van der Waals surface area contributed by atoms with Crippen molar-refractivity contribution in [3.8, 4) is 5.75 Å². The summed E-state index contributed by atoms with van der Waals surface area (Å²) in [5, 5.41) is 11.2. The molecule has 3 aromatic rings. The highest BCUT2D eigenvalue weighted by atomic mass is 32.2. The summed E-state index contributed by atoms with van der Waals surface area (Å²) >= 11 is 1.52. The Balaban J connectivity index is 1.83. The lowest BCUT2D eigenvalue weighted by Crippen LogP contribution is -2.30. The first-order chi connectivity index (χ1) is 14.8. The van der Waals surface area contributed by atoms with Gasteiger partial charge in [-0.3, -0.25) is 14.3 Å².